The van der Waals surface area contributed by atoms with E-state index in [-0.39, 0.29) is 11.7 Å². The van der Waals surface area contributed by atoms with E-state index in [9.17, 15) is 8.42 Å². The minimum Gasteiger partial charge on any atom is -0.397 e. The van der Waals surface area contributed by atoms with Gasteiger partial charge in [0.15, 0.2) is 9.84 Å². The van der Waals surface area contributed by atoms with E-state index in [0.29, 0.717) is 18.0 Å². The van der Waals surface area contributed by atoms with E-state index in [0.717, 1.165) is 23.0 Å². The lowest BCUT2D eigenvalue weighted by molar-refractivity contribution is 0.596. The van der Waals surface area contributed by atoms with Crippen molar-refractivity contribution in [1.82, 2.24) is 4.98 Å². The number of benzene rings is 1. The molecule has 0 amide bonds. The van der Waals surface area contributed by atoms with Crippen LogP contribution in [0.1, 0.15) is 6.42 Å². The van der Waals surface area contributed by atoms with Crippen LogP contribution >= 0.6 is 0 Å². The zero-order chi connectivity index (χ0) is 14.2. The predicted molar refractivity (Wildman–Crippen MR) is 81.4 cm³/mol. The van der Waals surface area contributed by atoms with Crippen LogP contribution in [0.2, 0.25) is 0 Å². The molecule has 3 rings (SSSR count). The summed E-state index contributed by atoms with van der Waals surface area (Å²) in [7, 11) is -2.82. The van der Waals surface area contributed by atoms with Gasteiger partial charge in [0.1, 0.15) is 0 Å². The van der Waals surface area contributed by atoms with Gasteiger partial charge in [-0.3, -0.25) is 4.98 Å². The van der Waals surface area contributed by atoms with Crippen LogP contribution in [0.3, 0.4) is 0 Å². The van der Waals surface area contributed by atoms with Crippen LogP contribution < -0.4 is 11.1 Å². The van der Waals surface area contributed by atoms with E-state index in [1.165, 1.54) is 0 Å². The van der Waals surface area contributed by atoms with E-state index in [1.807, 2.05) is 24.3 Å². The Morgan fingerprint density at radius 3 is 2.95 bits per heavy atom. The molecule has 2 heterocycles. The Bertz CT molecular complexity index is 743. The highest BCUT2D eigenvalue weighted by molar-refractivity contribution is 7.91. The summed E-state index contributed by atoms with van der Waals surface area (Å²) < 4.78 is 22.9. The monoisotopic (exact) mass is 291 g/mol. The first-order valence-corrected chi connectivity index (χ1v) is 8.45. The second-order valence-corrected chi connectivity index (χ2v) is 7.48. The fraction of sp³-hybridized carbons (Fsp3) is 0.357. The Balaban J connectivity index is 1.80. The van der Waals surface area contributed by atoms with Crippen LogP contribution in [-0.4, -0.2) is 31.5 Å². The van der Waals surface area contributed by atoms with Gasteiger partial charge < -0.3 is 11.1 Å². The number of anilines is 2. The van der Waals surface area contributed by atoms with Gasteiger partial charge in [0.25, 0.3) is 0 Å². The van der Waals surface area contributed by atoms with Gasteiger partial charge >= 0.3 is 0 Å². The van der Waals surface area contributed by atoms with Crippen LogP contribution in [0.5, 0.6) is 0 Å². The molecule has 0 aliphatic carbocycles. The average Bonchev–Trinajstić information content (AvgIpc) is 2.78. The van der Waals surface area contributed by atoms with Crippen molar-refractivity contribution in [3.05, 3.63) is 30.5 Å². The average molecular weight is 291 g/mol. The van der Waals surface area contributed by atoms with Crippen molar-refractivity contribution in [2.24, 2.45) is 5.92 Å². The number of nitrogens with zero attached hydrogens (tertiary/aromatic N) is 1. The molecule has 0 bridgehead atoms. The Morgan fingerprint density at radius 1 is 1.35 bits per heavy atom. The van der Waals surface area contributed by atoms with Crippen LogP contribution in [-0.2, 0) is 9.84 Å². The minimum absolute atomic E-state index is 0.185. The van der Waals surface area contributed by atoms with Gasteiger partial charge in [0.05, 0.1) is 22.7 Å². The predicted octanol–water partition coefficient (Wildman–Crippen LogP) is 1.66. The molecule has 1 aromatic carbocycles. The highest BCUT2D eigenvalue weighted by Crippen LogP contribution is 2.27. The summed E-state index contributed by atoms with van der Waals surface area (Å²) in [6.07, 6.45) is 2.45. The molecular formula is C14H17N3O2S. The summed E-state index contributed by atoms with van der Waals surface area (Å²) in [5.74, 6) is 0.776. The first-order chi connectivity index (χ1) is 9.55. The van der Waals surface area contributed by atoms with E-state index in [1.54, 1.807) is 6.20 Å². The van der Waals surface area contributed by atoms with E-state index in [4.69, 9.17) is 5.73 Å². The molecule has 2 aromatic rings. The number of hydrogen-bond acceptors (Lipinski definition) is 5. The largest absolute Gasteiger partial charge is 0.397 e. The fourth-order valence-corrected chi connectivity index (χ4v) is 4.50. The third-order valence-electron chi connectivity index (χ3n) is 3.71. The summed E-state index contributed by atoms with van der Waals surface area (Å²) in [6, 6.07) is 7.57. The number of nitrogens with one attached hydrogen (secondary N) is 1. The van der Waals surface area contributed by atoms with Crippen LogP contribution in [0.25, 0.3) is 10.9 Å². The maximum absolute atomic E-state index is 11.5. The normalized spacial score (nSPS) is 21.1. The summed E-state index contributed by atoms with van der Waals surface area (Å²) >= 11 is 0. The van der Waals surface area contributed by atoms with Crippen LogP contribution in [0, 0.1) is 5.92 Å². The van der Waals surface area contributed by atoms with Gasteiger partial charge in [0, 0.05) is 23.8 Å². The molecule has 1 aliphatic heterocycles. The topological polar surface area (TPSA) is 85.1 Å². The van der Waals surface area contributed by atoms with Crippen LogP contribution in [0.4, 0.5) is 11.4 Å². The molecule has 5 nitrogen and oxygen atoms in total. The molecule has 106 valence electrons. The van der Waals surface area contributed by atoms with E-state index in [2.05, 4.69) is 10.3 Å². The van der Waals surface area contributed by atoms with Gasteiger partial charge in [-0.1, -0.05) is 0 Å². The lowest BCUT2D eigenvalue weighted by Crippen LogP contribution is -2.15. The van der Waals surface area contributed by atoms with E-state index >= 15 is 0 Å². The zero-order valence-corrected chi connectivity index (χ0v) is 11.9. The Morgan fingerprint density at radius 2 is 2.20 bits per heavy atom. The molecule has 6 heteroatoms. The highest BCUT2D eigenvalue weighted by atomic mass is 32.2. The smallest absolute Gasteiger partial charge is 0.150 e. The first-order valence-electron chi connectivity index (χ1n) is 6.63. The van der Waals surface area contributed by atoms with Crippen molar-refractivity contribution in [3.8, 4) is 0 Å². The van der Waals surface area contributed by atoms with Crippen molar-refractivity contribution in [3.63, 3.8) is 0 Å². The molecule has 1 unspecified atom stereocenters. The number of hydrogen-bond donors (Lipinski definition) is 2. The fourth-order valence-electron chi connectivity index (χ4n) is 2.64. The van der Waals surface area contributed by atoms with Gasteiger partial charge in [0.2, 0.25) is 0 Å². The van der Waals surface area contributed by atoms with Crippen molar-refractivity contribution < 1.29 is 8.42 Å². The second-order valence-electron chi connectivity index (χ2n) is 5.25. The molecule has 0 radical (unpaired) electrons. The number of nitrogen functional groups attached to an aromatic ring is 1. The Hall–Kier alpha value is -1.82. The van der Waals surface area contributed by atoms with Crippen LogP contribution in [0.15, 0.2) is 30.5 Å². The number of rotatable bonds is 3. The summed E-state index contributed by atoms with van der Waals surface area (Å²) in [6.45, 7) is 0.660. The van der Waals surface area contributed by atoms with Crippen molar-refractivity contribution in [1.29, 1.82) is 0 Å². The number of sulfone groups is 1. The van der Waals surface area contributed by atoms with Gasteiger partial charge in [-0.15, -0.1) is 0 Å². The molecule has 3 N–H and O–H groups in total. The van der Waals surface area contributed by atoms with Gasteiger partial charge in [-0.2, -0.15) is 0 Å². The Labute approximate surface area is 118 Å². The van der Waals surface area contributed by atoms with Crippen molar-refractivity contribution in [2.75, 3.05) is 29.1 Å². The lowest BCUT2D eigenvalue weighted by Gasteiger charge is -2.13. The second kappa shape index (κ2) is 4.94. The molecule has 1 aliphatic rings. The SMILES string of the molecule is Nc1ccc(NCC2CCS(=O)(=O)C2)c2cccnc12. The van der Waals surface area contributed by atoms with Crippen molar-refractivity contribution >= 4 is 32.1 Å². The number of nitrogens with two attached hydrogens (primary N) is 1. The lowest BCUT2D eigenvalue weighted by atomic mass is 10.1. The quantitative estimate of drug-likeness (QED) is 0.840. The molecule has 20 heavy (non-hydrogen) atoms. The summed E-state index contributed by atoms with van der Waals surface area (Å²) in [5, 5.41) is 4.30. The molecule has 1 aromatic heterocycles. The molecular weight excluding hydrogens is 274 g/mol. The third-order valence-corrected chi connectivity index (χ3v) is 5.55. The maximum atomic E-state index is 11.5. The first kappa shape index (κ1) is 13.2. The number of aromatic nitrogens is 1. The molecule has 0 saturated carbocycles. The molecule has 0 spiro atoms. The van der Waals surface area contributed by atoms with Crippen molar-refractivity contribution in [2.45, 2.75) is 6.42 Å². The highest BCUT2D eigenvalue weighted by Gasteiger charge is 2.27. The standard InChI is InChI=1S/C14H17N3O2S/c15-12-3-4-13(11-2-1-6-16-14(11)12)17-8-10-5-7-20(18,19)9-10/h1-4,6,10,17H,5,7-9,15H2. The summed E-state index contributed by atoms with van der Waals surface area (Å²) in [5.41, 5.74) is 8.28. The number of pyridine rings is 1. The number of fused-ring (bicyclic) bond motifs is 1. The molecule has 1 saturated heterocycles. The zero-order valence-electron chi connectivity index (χ0n) is 11.0. The molecule has 1 fully saturated rings. The minimum atomic E-state index is -2.82. The van der Waals surface area contributed by atoms with E-state index < -0.39 is 9.84 Å². The van der Waals surface area contributed by atoms with Gasteiger partial charge in [-0.25, -0.2) is 8.42 Å². The third kappa shape index (κ3) is 2.56. The molecule has 1 atom stereocenters. The Kier molecular flexibility index (Phi) is 3.25. The maximum Gasteiger partial charge on any atom is 0.150 e. The summed E-state index contributed by atoms with van der Waals surface area (Å²) in [4.78, 5) is 4.28. The van der Waals surface area contributed by atoms with Gasteiger partial charge in [-0.05, 0) is 36.6 Å².